The topological polar surface area (TPSA) is 64.6 Å². The number of amides is 1. The molecule has 0 aliphatic rings. The van der Waals surface area contributed by atoms with Crippen LogP contribution in [0.25, 0.3) is 0 Å². The zero-order chi connectivity index (χ0) is 18.4. The van der Waals surface area contributed by atoms with Crippen molar-refractivity contribution in [2.45, 2.75) is 19.4 Å². The Labute approximate surface area is 155 Å². The Morgan fingerprint density at radius 1 is 1.16 bits per heavy atom. The first-order chi connectivity index (χ1) is 11.9. The monoisotopic (exact) mass is 381 g/mol. The molecule has 2 aromatic rings. The number of hydrogen-bond donors (Lipinski definition) is 1. The second-order valence-electron chi connectivity index (χ2n) is 5.23. The van der Waals surface area contributed by atoms with Crippen LogP contribution in [-0.2, 0) is 20.7 Å². The molecule has 0 spiro atoms. The van der Waals surface area contributed by atoms with E-state index in [-0.39, 0.29) is 6.42 Å². The fraction of sp³-hybridized carbons (Fsp3) is 0.222. The van der Waals surface area contributed by atoms with Crippen molar-refractivity contribution in [1.82, 2.24) is 0 Å². The maximum atomic E-state index is 12.2. The average molecular weight is 382 g/mol. The Kier molecular flexibility index (Phi) is 6.67. The van der Waals surface area contributed by atoms with Gasteiger partial charge in [-0.25, -0.2) is 0 Å². The van der Waals surface area contributed by atoms with Gasteiger partial charge < -0.3 is 14.8 Å². The molecule has 0 fully saturated rings. The number of carbonyl (C=O) groups is 2. The van der Waals surface area contributed by atoms with Gasteiger partial charge in [-0.2, -0.15) is 0 Å². The molecular formula is C18H17Cl2NO4. The van der Waals surface area contributed by atoms with Crippen molar-refractivity contribution in [1.29, 1.82) is 0 Å². The van der Waals surface area contributed by atoms with Crippen molar-refractivity contribution in [2.75, 3.05) is 12.4 Å². The van der Waals surface area contributed by atoms with Gasteiger partial charge in [0.05, 0.1) is 24.2 Å². The molecule has 0 aliphatic carbocycles. The minimum absolute atomic E-state index is 0.000442. The predicted molar refractivity (Wildman–Crippen MR) is 97.3 cm³/mol. The number of halogens is 2. The summed E-state index contributed by atoms with van der Waals surface area (Å²) in [4.78, 5) is 24.2. The highest BCUT2D eigenvalue weighted by Crippen LogP contribution is 2.25. The van der Waals surface area contributed by atoms with Crippen molar-refractivity contribution >= 4 is 40.8 Å². The summed E-state index contributed by atoms with van der Waals surface area (Å²) >= 11 is 11.9. The van der Waals surface area contributed by atoms with Crippen LogP contribution in [0.4, 0.5) is 5.69 Å². The summed E-state index contributed by atoms with van der Waals surface area (Å²) in [6.07, 6.45) is -0.989. The van der Waals surface area contributed by atoms with E-state index >= 15 is 0 Å². The maximum Gasteiger partial charge on any atom is 0.311 e. The van der Waals surface area contributed by atoms with Gasteiger partial charge in [0.25, 0.3) is 5.91 Å². The summed E-state index contributed by atoms with van der Waals surface area (Å²) in [5, 5.41) is 3.35. The third-order valence-electron chi connectivity index (χ3n) is 3.39. The highest BCUT2D eigenvalue weighted by molar-refractivity contribution is 6.35. The van der Waals surface area contributed by atoms with Gasteiger partial charge in [-0.3, -0.25) is 9.59 Å². The summed E-state index contributed by atoms with van der Waals surface area (Å²) < 4.78 is 10.4. The number of hydrogen-bond acceptors (Lipinski definition) is 4. The number of esters is 1. The molecule has 0 radical (unpaired) electrons. The van der Waals surface area contributed by atoms with Crippen LogP contribution >= 0.6 is 23.2 Å². The Morgan fingerprint density at radius 2 is 1.88 bits per heavy atom. The van der Waals surface area contributed by atoms with Gasteiger partial charge in [-0.1, -0.05) is 41.4 Å². The summed E-state index contributed by atoms with van der Waals surface area (Å²) in [5.41, 5.74) is 1.03. The lowest BCUT2D eigenvalue weighted by atomic mass is 10.1. The van der Waals surface area contributed by atoms with Crippen LogP contribution in [0.5, 0.6) is 5.75 Å². The smallest absolute Gasteiger partial charge is 0.311 e. The summed E-state index contributed by atoms with van der Waals surface area (Å²) in [7, 11) is 1.52. The van der Waals surface area contributed by atoms with Crippen LogP contribution in [0.15, 0.2) is 42.5 Å². The van der Waals surface area contributed by atoms with E-state index in [2.05, 4.69) is 5.32 Å². The average Bonchev–Trinajstić information content (AvgIpc) is 2.58. The summed E-state index contributed by atoms with van der Waals surface area (Å²) in [6.45, 7) is 1.48. The van der Waals surface area contributed by atoms with Gasteiger partial charge in [0.15, 0.2) is 6.10 Å². The van der Waals surface area contributed by atoms with Gasteiger partial charge in [0.1, 0.15) is 5.75 Å². The lowest BCUT2D eigenvalue weighted by Gasteiger charge is -2.15. The van der Waals surface area contributed by atoms with Crippen LogP contribution in [0.3, 0.4) is 0 Å². The van der Waals surface area contributed by atoms with Gasteiger partial charge >= 0.3 is 5.97 Å². The zero-order valence-electron chi connectivity index (χ0n) is 13.7. The van der Waals surface area contributed by atoms with Gasteiger partial charge in [0.2, 0.25) is 0 Å². The number of anilines is 1. The molecule has 0 heterocycles. The van der Waals surface area contributed by atoms with E-state index in [1.54, 1.807) is 36.4 Å². The lowest BCUT2D eigenvalue weighted by molar-refractivity contribution is -0.152. The van der Waals surface area contributed by atoms with E-state index < -0.39 is 18.0 Å². The number of nitrogens with one attached hydrogen (secondary N) is 1. The quantitative estimate of drug-likeness (QED) is 0.764. The molecule has 0 bridgehead atoms. The number of carbonyl (C=O) groups excluding carboxylic acids is 2. The molecule has 0 saturated carbocycles. The molecule has 2 rings (SSSR count). The minimum atomic E-state index is -0.989. The van der Waals surface area contributed by atoms with Crippen molar-refractivity contribution in [3.05, 3.63) is 58.1 Å². The number of rotatable bonds is 6. The fourth-order valence-corrected chi connectivity index (χ4v) is 2.46. The lowest BCUT2D eigenvalue weighted by Crippen LogP contribution is -2.30. The molecule has 0 unspecified atom stereocenters. The fourth-order valence-electron chi connectivity index (χ4n) is 2.12. The zero-order valence-corrected chi connectivity index (χ0v) is 15.2. The molecule has 7 heteroatoms. The van der Waals surface area contributed by atoms with Crippen LogP contribution in [0.2, 0.25) is 10.0 Å². The third-order valence-corrected chi connectivity index (χ3v) is 3.96. The van der Waals surface area contributed by atoms with Crippen LogP contribution in [0, 0.1) is 0 Å². The number of benzene rings is 2. The SMILES string of the molecule is COc1ccccc1CC(=O)O[C@H](C)C(=O)Nc1cc(Cl)ccc1Cl. The Balaban J connectivity index is 1.96. The second kappa shape index (κ2) is 8.74. The first kappa shape index (κ1) is 19.1. The first-order valence-corrected chi connectivity index (χ1v) is 8.23. The van der Waals surface area contributed by atoms with Crippen molar-refractivity contribution in [2.24, 2.45) is 0 Å². The molecule has 0 aliphatic heterocycles. The largest absolute Gasteiger partial charge is 0.496 e. The number of methoxy groups -OCH3 is 1. The van der Waals surface area contributed by atoms with E-state index in [4.69, 9.17) is 32.7 Å². The Morgan fingerprint density at radius 3 is 2.60 bits per heavy atom. The third kappa shape index (κ3) is 5.37. The van der Waals surface area contributed by atoms with Gasteiger partial charge in [0, 0.05) is 10.6 Å². The minimum Gasteiger partial charge on any atom is -0.496 e. The normalized spacial score (nSPS) is 11.5. The van der Waals surface area contributed by atoms with Gasteiger partial charge in [-0.15, -0.1) is 0 Å². The van der Waals surface area contributed by atoms with E-state index in [0.717, 1.165) is 0 Å². The van der Waals surface area contributed by atoms with E-state index in [9.17, 15) is 9.59 Å². The van der Waals surface area contributed by atoms with Crippen molar-refractivity contribution in [3.8, 4) is 5.75 Å². The molecule has 1 N–H and O–H groups in total. The maximum absolute atomic E-state index is 12.2. The molecule has 0 saturated heterocycles. The Hall–Kier alpha value is -2.24. The molecule has 2 aromatic carbocycles. The van der Waals surface area contributed by atoms with Crippen LogP contribution < -0.4 is 10.1 Å². The van der Waals surface area contributed by atoms with Crippen molar-refractivity contribution < 1.29 is 19.1 Å². The molecule has 1 amide bonds. The predicted octanol–water partition coefficient (Wildman–Crippen LogP) is 4.11. The highest BCUT2D eigenvalue weighted by Gasteiger charge is 2.20. The molecule has 5 nitrogen and oxygen atoms in total. The first-order valence-electron chi connectivity index (χ1n) is 7.48. The molecular weight excluding hydrogens is 365 g/mol. The van der Waals surface area contributed by atoms with Crippen LogP contribution in [-0.4, -0.2) is 25.1 Å². The standard InChI is InChI=1S/C18H17Cl2NO4/c1-11(18(23)21-15-10-13(19)7-8-14(15)20)25-17(22)9-12-5-3-4-6-16(12)24-2/h3-8,10-11H,9H2,1-2H3,(H,21,23)/t11-/m1/s1. The van der Waals surface area contributed by atoms with Crippen molar-refractivity contribution in [3.63, 3.8) is 0 Å². The molecule has 25 heavy (non-hydrogen) atoms. The van der Waals surface area contributed by atoms with Crippen LogP contribution in [0.1, 0.15) is 12.5 Å². The Bertz CT molecular complexity index is 779. The highest BCUT2D eigenvalue weighted by atomic mass is 35.5. The number of para-hydroxylation sites is 1. The molecule has 1 atom stereocenters. The van der Waals surface area contributed by atoms with E-state index in [1.165, 1.54) is 20.1 Å². The number of ether oxygens (including phenoxy) is 2. The summed E-state index contributed by atoms with van der Waals surface area (Å²) in [6, 6.07) is 11.8. The van der Waals surface area contributed by atoms with Gasteiger partial charge in [-0.05, 0) is 31.2 Å². The molecule has 132 valence electrons. The van der Waals surface area contributed by atoms with E-state index in [0.29, 0.717) is 27.0 Å². The molecule has 0 aromatic heterocycles. The van der Waals surface area contributed by atoms with E-state index in [1.807, 2.05) is 0 Å². The summed E-state index contributed by atoms with van der Waals surface area (Å²) in [5.74, 6) is -0.454. The second-order valence-corrected chi connectivity index (χ2v) is 6.08.